The van der Waals surface area contributed by atoms with Crippen LogP contribution in [0.4, 0.5) is 28.0 Å². The first kappa shape index (κ1) is 26.4. The van der Waals surface area contributed by atoms with E-state index in [1.165, 1.54) is 12.1 Å². The zero-order chi connectivity index (χ0) is 26.9. The number of aromatic nitrogens is 1. The van der Waals surface area contributed by atoms with Crippen LogP contribution in [-0.4, -0.2) is 52.7 Å². The number of halogens is 4. The van der Waals surface area contributed by atoms with Gasteiger partial charge < -0.3 is 14.7 Å². The highest BCUT2D eigenvalue weighted by Crippen LogP contribution is 2.43. The van der Waals surface area contributed by atoms with Crippen molar-refractivity contribution in [2.45, 2.75) is 56.3 Å². The number of carbonyl (C=O) groups is 3. The van der Waals surface area contributed by atoms with E-state index in [9.17, 15) is 32.7 Å². The van der Waals surface area contributed by atoms with Gasteiger partial charge in [-0.3, -0.25) is 9.88 Å². The van der Waals surface area contributed by atoms with Crippen molar-refractivity contribution in [2.24, 2.45) is 0 Å². The molecule has 1 N–H and O–H groups in total. The summed E-state index contributed by atoms with van der Waals surface area (Å²) in [7, 11) is 1.12. The molecule has 1 aromatic carbocycles. The van der Waals surface area contributed by atoms with Crippen molar-refractivity contribution in [3.8, 4) is 0 Å². The average Bonchev–Trinajstić information content (AvgIpc) is 3.71. The molecule has 2 amide bonds. The summed E-state index contributed by atoms with van der Waals surface area (Å²) in [6.07, 6.45) is -0.516. The number of urea groups is 1. The Kier molecular flexibility index (Phi) is 7.37. The summed E-state index contributed by atoms with van der Waals surface area (Å²) in [6, 6.07) is -0.0496. The van der Waals surface area contributed by atoms with Gasteiger partial charge in [0.15, 0.2) is 6.04 Å². The van der Waals surface area contributed by atoms with Crippen molar-refractivity contribution >= 4 is 23.7 Å². The van der Waals surface area contributed by atoms with E-state index in [1.807, 2.05) is 0 Å². The number of ether oxygens (including phenoxy) is 1. The van der Waals surface area contributed by atoms with Crippen LogP contribution in [0.1, 0.15) is 60.8 Å². The van der Waals surface area contributed by atoms with Crippen molar-refractivity contribution in [3.63, 3.8) is 0 Å². The normalized spacial score (nSPS) is 18.7. The van der Waals surface area contributed by atoms with Gasteiger partial charge in [0.2, 0.25) is 0 Å². The lowest BCUT2D eigenvalue weighted by atomic mass is 9.98. The molecule has 0 radical (unpaired) electrons. The number of piperidine rings is 1. The lowest BCUT2D eigenvalue weighted by Crippen LogP contribution is -2.55. The number of pyridine rings is 1. The summed E-state index contributed by atoms with van der Waals surface area (Å²) in [4.78, 5) is 44.0. The first-order valence-electron chi connectivity index (χ1n) is 11.8. The van der Waals surface area contributed by atoms with E-state index < -0.39 is 58.9 Å². The third-order valence-corrected chi connectivity index (χ3v) is 6.65. The second-order valence-corrected chi connectivity index (χ2v) is 9.07. The molecule has 4 rings (SSSR count). The second-order valence-electron chi connectivity index (χ2n) is 9.07. The Bertz CT molecular complexity index is 1200. The molecule has 12 heteroatoms. The highest BCUT2D eigenvalue weighted by molar-refractivity contribution is 6.00. The number of aliphatic carboxylic acids is 1. The van der Waals surface area contributed by atoms with Crippen LogP contribution in [-0.2, 0) is 20.5 Å². The van der Waals surface area contributed by atoms with Crippen molar-refractivity contribution in [1.82, 2.24) is 9.88 Å². The summed E-state index contributed by atoms with van der Waals surface area (Å²) >= 11 is 0. The molecule has 2 heterocycles. The fourth-order valence-electron chi connectivity index (χ4n) is 4.69. The quantitative estimate of drug-likeness (QED) is 0.427. The Morgan fingerprint density at radius 1 is 1.16 bits per heavy atom. The molecule has 2 aliphatic rings. The molecular weight excluding hydrogens is 498 g/mol. The van der Waals surface area contributed by atoms with Gasteiger partial charge in [0, 0.05) is 24.5 Å². The number of benzene rings is 1. The topological polar surface area (TPSA) is 100 Å². The van der Waals surface area contributed by atoms with E-state index in [0.717, 1.165) is 37.1 Å². The van der Waals surface area contributed by atoms with Crippen LogP contribution in [0, 0.1) is 5.82 Å². The Hall–Kier alpha value is -3.70. The molecule has 1 saturated heterocycles. The van der Waals surface area contributed by atoms with Crippen molar-refractivity contribution < 1.29 is 41.8 Å². The average molecular weight is 523 g/mol. The molecule has 1 aliphatic heterocycles. The number of anilines is 1. The fourth-order valence-corrected chi connectivity index (χ4v) is 4.69. The van der Waals surface area contributed by atoms with Crippen LogP contribution in [0.25, 0.3) is 0 Å². The third-order valence-electron chi connectivity index (χ3n) is 6.65. The zero-order valence-electron chi connectivity index (χ0n) is 19.9. The standard InChI is InChI=1S/C25H25F4N3O5/c1-37-23(35)20-4-2-3-11-31(20)24(36)32(19-8-7-15(12-18(19)26)14-5-6-14)21(22(33)34)16-13-30-10-9-17(16)25(27,28)29/h7-10,12-14,20-21H,2-6,11H2,1H3,(H,33,34)/t20-,21?/m1/s1. The van der Waals surface area contributed by atoms with Crippen molar-refractivity contribution in [3.05, 3.63) is 59.2 Å². The molecule has 2 fully saturated rings. The third kappa shape index (κ3) is 5.37. The number of hydrogen-bond donors (Lipinski definition) is 1. The van der Waals surface area contributed by atoms with Gasteiger partial charge in [0.25, 0.3) is 0 Å². The number of carboxylic acid groups (broad SMARTS) is 1. The number of carbonyl (C=O) groups excluding carboxylic acids is 2. The molecule has 0 bridgehead atoms. The van der Waals surface area contributed by atoms with Crippen LogP contribution in [0.3, 0.4) is 0 Å². The summed E-state index contributed by atoms with van der Waals surface area (Å²) in [5, 5.41) is 10.1. The first-order chi connectivity index (χ1) is 17.5. The summed E-state index contributed by atoms with van der Waals surface area (Å²) < 4.78 is 61.9. The number of nitrogens with zero attached hydrogens (tertiary/aromatic N) is 3. The molecule has 2 atom stereocenters. The maximum absolute atomic E-state index is 15.5. The Morgan fingerprint density at radius 3 is 2.49 bits per heavy atom. The number of rotatable bonds is 6. The highest BCUT2D eigenvalue weighted by Gasteiger charge is 2.45. The smallest absolute Gasteiger partial charge is 0.416 e. The van der Waals surface area contributed by atoms with E-state index in [2.05, 4.69) is 4.98 Å². The molecule has 1 aliphatic carbocycles. The van der Waals surface area contributed by atoms with Gasteiger partial charge in [0.1, 0.15) is 11.9 Å². The molecule has 198 valence electrons. The molecule has 0 spiro atoms. The maximum Gasteiger partial charge on any atom is 0.416 e. The highest BCUT2D eigenvalue weighted by atomic mass is 19.4. The van der Waals surface area contributed by atoms with Crippen LogP contribution in [0.5, 0.6) is 0 Å². The van der Waals surface area contributed by atoms with Gasteiger partial charge >= 0.3 is 24.1 Å². The molecule has 1 saturated carbocycles. The monoisotopic (exact) mass is 523 g/mol. The minimum Gasteiger partial charge on any atom is -0.479 e. The number of amides is 2. The number of hydrogen-bond acceptors (Lipinski definition) is 5. The number of methoxy groups -OCH3 is 1. The predicted octanol–water partition coefficient (Wildman–Crippen LogP) is 4.90. The number of likely N-dealkylation sites (tertiary alicyclic amines) is 1. The summed E-state index contributed by atoms with van der Waals surface area (Å²) in [6.45, 7) is 0.00236. The Labute approximate surface area is 209 Å². The number of esters is 1. The Morgan fingerprint density at radius 2 is 1.89 bits per heavy atom. The largest absolute Gasteiger partial charge is 0.479 e. The lowest BCUT2D eigenvalue weighted by Gasteiger charge is -2.39. The fraction of sp³-hybridized carbons (Fsp3) is 0.440. The second kappa shape index (κ2) is 10.3. The summed E-state index contributed by atoms with van der Waals surface area (Å²) in [5.74, 6) is -3.43. The van der Waals surface area contributed by atoms with Gasteiger partial charge in [-0.25, -0.2) is 18.8 Å². The van der Waals surface area contributed by atoms with Gasteiger partial charge in [-0.1, -0.05) is 6.07 Å². The molecule has 1 unspecified atom stereocenters. The number of carboxylic acids is 1. The zero-order valence-corrected chi connectivity index (χ0v) is 19.9. The predicted molar refractivity (Wildman–Crippen MR) is 122 cm³/mol. The van der Waals surface area contributed by atoms with Gasteiger partial charge in [-0.05, 0) is 61.8 Å². The minimum atomic E-state index is -4.98. The van der Waals surface area contributed by atoms with Crippen molar-refractivity contribution in [1.29, 1.82) is 0 Å². The van der Waals surface area contributed by atoms with Crippen molar-refractivity contribution in [2.75, 3.05) is 18.6 Å². The van der Waals surface area contributed by atoms with Gasteiger partial charge in [0.05, 0.1) is 18.4 Å². The first-order valence-corrected chi connectivity index (χ1v) is 11.8. The van der Waals surface area contributed by atoms with Crippen LogP contribution < -0.4 is 4.90 Å². The van der Waals surface area contributed by atoms with E-state index in [-0.39, 0.29) is 18.9 Å². The Balaban J connectivity index is 1.89. The van der Waals surface area contributed by atoms with E-state index >= 15 is 4.39 Å². The lowest BCUT2D eigenvalue weighted by molar-refractivity contribution is -0.146. The van der Waals surface area contributed by atoms with Crippen LogP contribution in [0.15, 0.2) is 36.7 Å². The number of alkyl halides is 3. The maximum atomic E-state index is 15.5. The van der Waals surface area contributed by atoms with Gasteiger partial charge in [-0.2, -0.15) is 13.2 Å². The van der Waals surface area contributed by atoms with E-state index in [0.29, 0.717) is 35.6 Å². The van der Waals surface area contributed by atoms with E-state index in [1.54, 1.807) is 0 Å². The molecule has 2 aromatic rings. The molecule has 37 heavy (non-hydrogen) atoms. The SMILES string of the molecule is COC(=O)[C@H]1CCCCN1C(=O)N(c1ccc(C2CC2)cc1F)C(C(=O)O)c1cnccc1C(F)(F)F. The minimum absolute atomic E-state index is 0.00236. The van der Waals surface area contributed by atoms with Crippen LogP contribution >= 0.6 is 0 Å². The summed E-state index contributed by atoms with van der Waals surface area (Å²) in [5.41, 5.74) is -2.05. The van der Waals surface area contributed by atoms with Crippen LogP contribution in [0.2, 0.25) is 0 Å². The van der Waals surface area contributed by atoms with E-state index in [4.69, 9.17) is 4.74 Å². The van der Waals surface area contributed by atoms with Gasteiger partial charge in [-0.15, -0.1) is 0 Å². The molecule has 8 nitrogen and oxygen atoms in total. The molecular formula is C25H25F4N3O5. The molecule has 1 aromatic heterocycles.